The lowest BCUT2D eigenvalue weighted by atomic mass is 10.1. The molecule has 0 saturated carbocycles. The van der Waals surface area contributed by atoms with Crippen molar-refractivity contribution in [1.82, 2.24) is 5.32 Å². The van der Waals surface area contributed by atoms with Gasteiger partial charge in [0.05, 0.1) is 30.6 Å². The number of nitrogens with one attached hydrogen (secondary N) is 1. The number of hydrogen-bond donors (Lipinski definition) is 2. The van der Waals surface area contributed by atoms with Crippen molar-refractivity contribution in [2.45, 2.75) is 26.1 Å². The first kappa shape index (κ1) is 17.5. The van der Waals surface area contributed by atoms with Crippen LogP contribution in [-0.2, 0) is 9.53 Å². The third-order valence-corrected chi connectivity index (χ3v) is 4.61. The Morgan fingerprint density at radius 1 is 1.40 bits per heavy atom. The molecule has 7 nitrogen and oxygen atoms in total. The Labute approximate surface area is 145 Å². The summed E-state index contributed by atoms with van der Waals surface area (Å²) in [7, 11) is 0. The van der Waals surface area contributed by atoms with Gasteiger partial charge in [-0.15, -0.1) is 0 Å². The smallest absolute Gasteiger partial charge is 0.414 e. The highest BCUT2D eigenvalue weighted by Crippen LogP contribution is 2.30. The standard InChI is InChI=1S/C17H22FN3O4/c1-10-7-20(9-16(10)23)15-4-3-12(5-14(15)18)21-8-13(25-17(21)24)6-19-11(2)22/h3-5,10,13,16,23H,6-9H2,1-2H3,(H,19,22)/t10-,13-,16-/m0/s1. The molecule has 2 amide bonds. The lowest BCUT2D eigenvalue weighted by molar-refractivity contribution is -0.119. The number of benzene rings is 1. The molecule has 0 spiro atoms. The molecule has 0 aliphatic carbocycles. The number of ether oxygens (including phenoxy) is 1. The minimum atomic E-state index is -0.562. The molecule has 0 radical (unpaired) electrons. The number of nitrogens with zero attached hydrogens (tertiary/aromatic N) is 2. The van der Waals surface area contributed by atoms with E-state index in [2.05, 4.69) is 5.32 Å². The summed E-state index contributed by atoms with van der Waals surface area (Å²) in [6.07, 6.45) is -1.50. The number of anilines is 2. The van der Waals surface area contributed by atoms with Crippen molar-refractivity contribution in [1.29, 1.82) is 0 Å². The third-order valence-electron chi connectivity index (χ3n) is 4.61. The predicted molar refractivity (Wildman–Crippen MR) is 90.1 cm³/mol. The summed E-state index contributed by atoms with van der Waals surface area (Å²) >= 11 is 0. The van der Waals surface area contributed by atoms with Crippen molar-refractivity contribution < 1.29 is 23.8 Å². The number of carbonyl (C=O) groups excluding carboxylic acids is 2. The maximum absolute atomic E-state index is 14.5. The maximum atomic E-state index is 14.5. The number of carbonyl (C=O) groups is 2. The Kier molecular flexibility index (Phi) is 4.80. The van der Waals surface area contributed by atoms with Crippen LogP contribution in [0.5, 0.6) is 0 Å². The first-order valence-electron chi connectivity index (χ1n) is 8.30. The maximum Gasteiger partial charge on any atom is 0.414 e. The summed E-state index contributed by atoms with van der Waals surface area (Å²) in [5, 5.41) is 12.4. The summed E-state index contributed by atoms with van der Waals surface area (Å²) in [6.45, 7) is 4.76. The van der Waals surface area contributed by atoms with Gasteiger partial charge < -0.3 is 20.1 Å². The topological polar surface area (TPSA) is 82.1 Å². The highest BCUT2D eigenvalue weighted by molar-refractivity contribution is 5.90. The van der Waals surface area contributed by atoms with Crippen molar-refractivity contribution in [3.63, 3.8) is 0 Å². The summed E-state index contributed by atoms with van der Waals surface area (Å²) in [5.41, 5.74) is 0.818. The van der Waals surface area contributed by atoms with Crippen molar-refractivity contribution in [2.75, 3.05) is 36.0 Å². The summed E-state index contributed by atoms with van der Waals surface area (Å²) < 4.78 is 19.7. The van der Waals surface area contributed by atoms with Gasteiger partial charge in [0.2, 0.25) is 5.91 Å². The molecule has 25 heavy (non-hydrogen) atoms. The summed E-state index contributed by atoms with van der Waals surface area (Å²) in [5.74, 6) is -0.564. The van der Waals surface area contributed by atoms with Crippen LogP contribution in [0.2, 0.25) is 0 Å². The van der Waals surface area contributed by atoms with E-state index in [0.717, 1.165) is 0 Å². The lowest BCUT2D eigenvalue weighted by Gasteiger charge is -2.20. The zero-order valence-electron chi connectivity index (χ0n) is 14.2. The highest BCUT2D eigenvalue weighted by Gasteiger charge is 2.34. The molecular weight excluding hydrogens is 329 g/mol. The molecule has 1 aromatic carbocycles. The number of β-amino-alcohol motifs (C(OH)–C–C–N with tert-alkyl or cyclic N) is 1. The number of aliphatic hydroxyl groups excluding tert-OH is 1. The molecule has 2 heterocycles. The SMILES string of the molecule is CC(=O)NC[C@H]1CN(c2ccc(N3C[C@H](C)[C@@H](O)C3)c(F)c2)C(=O)O1. The second kappa shape index (κ2) is 6.87. The molecule has 0 unspecified atom stereocenters. The van der Waals surface area contributed by atoms with E-state index in [1.165, 1.54) is 17.9 Å². The third kappa shape index (κ3) is 3.68. The van der Waals surface area contributed by atoms with E-state index >= 15 is 0 Å². The average molecular weight is 351 g/mol. The van der Waals surface area contributed by atoms with Crippen LogP contribution in [0.1, 0.15) is 13.8 Å². The van der Waals surface area contributed by atoms with Crippen LogP contribution < -0.4 is 15.1 Å². The van der Waals surface area contributed by atoms with Crippen LogP contribution in [0.3, 0.4) is 0 Å². The molecule has 2 N–H and O–H groups in total. The van der Waals surface area contributed by atoms with Crippen molar-refractivity contribution >= 4 is 23.4 Å². The van der Waals surface area contributed by atoms with Gasteiger partial charge in [-0.3, -0.25) is 9.69 Å². The molecule has 3 atom stereocenters. The minimum absolute atomic E-state index is 0.0853. The highest BCUT2D eigenvalue weighted by atomic mass is 19.1. The van der Waals surface area contributed by atoms with E-state index in [0.29, 0.717) is 24.5 Å². The molecule has 136 valence electrons. The number of halogens is 1. The van der Waals surface area contributed by atoms with Crippen LogP contribution in [0.4, 0.5) is 20.6 Å². The fourth-order valence-corrected chi connectivity index (χ4v) is 3.16. The van der Waals surface area contributed by atoms with Gasteiger partial charge in [-0.1, -0.05) is 6.92 Å². The molecule has 2 fully saturated rings. The van der Waals surface area contributed by atoms with Crippen LogP contribution >= 0.6 is 0 Å². The lowest BCUT2D eigenvalue weighted by Crippen LogP contribution is -2.33. The van der Waals surface area contributed by atoms with Gasteiger partial charge in [0.25, 0.3) is 0 Å². The van der Waals surface area contributed by atoms with Gasteiger partial charge in [0.1, 0.15) is 11.9 Å². The Balaban J connectivity index is 1.70. The fourth-order valence-electron chi connectivity index (χ4n) is 3.16. The number of hydrogen-bond acceptors (Lipinski definition) is 5. The summed E-state index contributed by atoms with van der Waals surface area (Å²) in [6, 6.07) is 4.58. The minimum Gasteiger partial charge on any atom is -0.442 e. The normalized spacial score (nSPS) is 26.1. The van der Waals surface area contributed by atoms with Crippen LogP contribution in [0.25, 0.3) is 0 Å². The van der Waals surface area contributed by atoms with E-state index in [1.807, 2.05) is 6.92 Å². The van der Waals surface area contributed by atoms with Gasteiger partial charge in [-0.05, 0) is 18.2 Å². The molecule has 8 heteroatoms. The van der Waals surface area contributed by atoms with Crippen molar-refractivity contribution in [3.8, 4) is 0 Å². The Morgan fingerprint density at radius 3 is 2.76 bits per heavy atom. The molecule has 2 saturated heterocycles. The van der Waals surface area contributed by atoms with E-state index in [1.54, 1.807) is 17.0 Å². The second-order valence-corrected chi connectivity index (χ2v) is 6.64. The molecule has 0 aromatic heterocycles. The second-order valence-electron chi connectivity index (χ2n) is 6.64. The zero-order chi connectivity index (χ0) is 18.1. The van der Waals surface area contributed by atoms with Gasteiger partial charge in [-0.2, -0.15) is 0 Å². The van der Waals surface area contributed by atoms with Crippen molar-refractivity contribution in [2.24, 2.45) is 5.92 Å². The van der Waals surface area contributed by atoms with Gasteiger partial charge in [0, 0.05) is 25.9 Å². The van der Waals surface area contributed by atoms with Crippen molar-refractivity contribution in [3.05, 3.63) is 24.0 Å². The van der Waals surface area contributed by atoms with Crippen LogP contribution in [0.15, 0.2) is 18.2 Å². The van der Waals surface area contributed by atoms with E-state index < -0.39 is 24.1 Å². The molecule has 0 bridgehead atoms. The molecule has 2 aliphatic heterocycles. The Hall–Kier alpha value is -2.35. The van der Waals surface area contributed by atoms with E-state index in [-0.39, 0.29) is 24.9 Å². The Morgan fingerprint density at radius 2 is 2.16 bits per heavy atom. The molecule has 1 aromatic rings. The van der Waals surface area contributed by atoms with E-state index in [9.17, 15) is 19.1 Å². The monoisotopic (exact) mass is 351 g/mol. The molecule has 3 rings (SSSR count). The molecule has 2 aliphatic rings. The largest absolute Gasteiger partial charge is 0.442 e. The van der Waals surface area contributed by atoms with E-state index in [4.69, 9.17) is 4.74 Å². The predicted octanol–water partition coefficient (Wildman–Crippen LogP) is 1.10. The first-order chi connectivity index (χ1) is 11.8. The number of amides is 2. The number of rotatable bonds is 4. The average Bonchev–Trinajstić information content (AvgIpc) is 3.08. The van der Waals surface area contributed by atoms with Crippen LogP contribution in [0, 0.1) is 11.7 Å². The first-order valence-corrected chi connectivity index (χ1v) is 8.30. The number of cyclic esters (lactones) is 1. The quantitative estimate of drug-likeness (QED) is 0.849. The fraction of sp³-hybridized carbons (Fsp3) is 0.529. The van der Waals surface area contributed by atoms with Gasteiger partial charge in [0.15, 0.2) is 0 Å². The Bertz CT molecular complexity index is 674. The van der Waals surface area contributed by atoms with Gasteiger partial charge in [-0.25, -0.2) is 9.18 Å². The van der Waals surface area contributed by atoms with Crippen LogP contribution in [-0.4, -0.2) is 55.5 Å². The molecular formula is C17H22FN3O4. The van der Waals surface area contributed by atoms with Gasteiger partial charge >= 0.3 is 6.09 Å². The zero-order valence-corrected chi connectivity index (χ0v) is 14.2. The number of aliphatic hydroxyl groups is 1. The summed E-state index contributed by atoms with van der Waals surface area (Å²) in [4.78, 5) is 26.1.